The summed E-state index contributed by atoms with van der Waals surface area (Å²) in [6, 6.07) is 12.9. The van der Waals surface area contributed by atoms with Crippen LogP contribution in [0.1, 0.15) is 36.6 Å². The maximum Gasteiger partial charge on any atom is 0.119 e. The SMILES string of the molecule is CC(O)CO.CCOc1ccc(Cc2cc(C3OC(CO)C(O)C(O)C3O)ccc2Cl)cc1. The average Bonchev–Trinajstić information content (AvgIpc) is 2.81. The molecule has 0 saturated carbocycles. The second-order valence-electron chi connectivity index (χ2n) is 7.89. The van der Waals surface area contributed by atoms with E-state index in [0.29, 0.717) is 23.6 Å². The standard InChI is InChI=1S/C21H25ClO6.C3H8O2/c1-2-27-15-6-3-12(4-7-15)9-14-10-13(5-8-16(14)22)21-20(26)19(25)18(24)17(11-23)28-21;1-3(5)2-4/h3-8,10,17-21,23-26H,2,9,11H2,1H3;3-5H,2H2,1H3. The second-order valence-corrected chi connectivity index (χ2v) is 8.29. The van der Waals surface area contributed by atoms with Gasteiger partial charge in [-0.2, -0.15) is 0 Å². The largest absolute Gasteiger partial charge is 0.494 e. The van der Waals surface area contributed by atoms with Crippen LogP contribution < -0.4 is 4.74 Å². The van der Waals surface area contributed by atoms with Crippen LogP contribution in [0.3, 0.4) is 0 Å². The summed E-state index contributed by atoms with van der Waals surface area (Å²) >= 11 is 6.35. The van der Waals surface area contributed by atoms with Crippen molar-refractivity contribution >= 4 is 11.6 Å². The van der Waals surface area contributed by atoms with Gasteiger partial charge in [0.25, 0.3) is 0 Å². The summed E-state index contributed by atoms with van der Waals surface area (Å²) < 4.78 is 11.1. The molecule has 3 rings (SSSR count). The summed E-state index contributed by atoms with van der Waals surface area (Å²) in [5.74, 6) is 0.799. The average molecular weight is 485 g/mol. The van der Waals surface area contributed by atoms with E-state index in [1.807, 2.05) is 37.3 Å². The second kappa shape index (κ2) is 13.2. The van der Waals surface area contributed by atoms with Crippen molar-refractivity contribution in [3.8, 4) is 5.75 Å². The van der Waals surface area contributed by atoms with E-state index in [2.05, 4.69) is 0 Å². The molecular formula is C24H33ClO8. The zero-order valence-corrected chi connectivity index (χ0v) is 19.5. The number of aliphatic hydroxyl groups excluding tert-OH is 6. The lowest BCUT2D eigenvalue weighted by atomic mass is 9.90. The maximum absolute atomic E-state index is 10.3. The summed E-state index contributed by atoms with van der Waals surface area (Å²) in [4.78, 5) is 0. The molecule has 1 heterocycles. The van der Waals surface area contributed by atoms with Gasteiger partial charge in [-0.05, 0) is 55.2 Å². The minimum absolute atomic E-state index is 0.139. The van der Waals surface area contributed by atoms with Gasteiger partial charge in [0.15, 0.2) is 0 Å². The van der Waals surface area contributed by atoms with Crippen LogP contribution in [0.5, 0.6) is 5.75 Å². The first-order valence-corrected chi connectivity index (χ1v) is 11.2. The first-order chi connectivity index (χ1) is 15.7. The summed E-state index contributed by atoms with van der Waals surface area (Å²) in [7, 11) is 0. The predicted molar refractivity (Wildman–Crippen MR) is 123 cm³/mol. The third-order valence-corrected chi connectivity index (χ3v) is 5.55. The molecule has 33 heavy (non-hydrogen) atoms. The molecule has 1 saturated heterocycles. The highest BCUT2D eigenvalue weighted by molar-refractivity contribution is 6.31. The van der Waals surface area contributed by atoms with Crippen LogP contribution in [0.4, 0.5) is 0 Å². The Kier molecular flexibility index (Phi) is 11.0. The summed E-state index contributed by atoms with van der Waals surface area (Å²) in [6.45, 7) is 3.46. The molecule has 184 valence electrons. The lowest BCUT2D eigenvalue weighted by Crippen LogP contribution is -2.55. The van der Waals surface area contributed by atoms with Crippen molar-refractivity contribution in [2.75, 3.05) is 19.8 Å². The van der Waals surface area contributed by atoms with E-state index in [1.165, 1.54) is 6.92 Å². The molecule has 6 unspecified atom stereocenters. The molecule has 2 aromatic carbocycles. The molecule has 0 radical (unpaired) electrons. The number of rotatable bonds is 7. The number of benzene rings is 2. The van der Waals surface area contributed by atoms with E-state index >= 15 is 0 Å². The Balaban J connectivity index is 0.000000696. The molecule has 0 aromatic heterocycles. The number of aliphatic hydroxyl groups is 6. The molecule has 0 aliphatic carbocycles. The van der Waals surface area contributed by atoms with Crippen LogP contribution in [-0.4, -0.2) is 81.0 Å². The molecule has 2 aromatic rings. The molecular weight excluding hydrogens is 452 g/mol. The molecule has 1 aliphatic rings. The third-order valence-electron chi connectivity index (χ3n) is 5.18. The Morgan fingerprint density at radius 1 is 1.00 bits per heavy atom. The zero-order valence-electron chi connectivity index (χ0n) is 18.7. The van der Waals surface area contributed by atoms with E-state index in [1.54, 1.807) is 12.1 Å². The van der Waals surface area contributed by atoms with Crippen molar-refractivity contribution in [3.63, 3.8) is 0 Å². The fraction of sp³-hybridized carbons (Fsp3) is 0.500. The molecule has 0 bridgehead atoms. The Labute approximate surface area is 198 Å². The van der Waals surface area contributed by atoms with Gasteiger partial charge in [0.1, 0.15) is 36.3 Å². The fourth-order valence-corrected chi connectivity index (χ4v) is 3.56. The molecule has 6 N–H and O–H groups in total. The van der Waals surface area contributed by atoms with E-state index < -0.39 is 43.2 Å². The molecule has 0 spiro atoms. The van der Waals surface area contributed by atoms with Crippen molar-refractivity contribution < 1.29 is 40.1 Å². The van der Waals surface area contributed by atoms with Gasteiger partial charge in [-0.1, -0.05) is 35.9 Å². The molecule has 1 aliphatic heterocycles. The maximum atomic E-state index is 10.3. The van der Waals surface area contributed by atoms with E-state index in [-0.39, 0.29) is 6.61 Å². The van der Waals surface area contributed by atoms with Crippen LogP contribution >= 0.6 is 11.6 Å². The highest BCUT2D eigenvalue weighted by atomic mass is 35.5. The van der Waals surface area contributed by atoms with Crippen molar-refractivity contribution in [1.29, 1.82) is 0 Å². The zero-order chi connectivity index (χ0) is 24.5. The van der Waals surface area contributed by atoms with Crippen molar-refractivity contribution in [3.05, 3.63) is 64.2 Å². The molecule has 0 amide bonds. The fourth-order valence-electron chi connectivity index (χ4n) is 3.37. The smallest absolute Gasteiger partial charge is 0.119 e. The number of ether oxygens (including phenoxy) is 2. The number of halogens is 1. The molecule has 9 heteroatoms. The third kappa shape index (κ3) is 7.63. The first-order valence-electron chi connectivity index (χ1n) is 10.8. The minimum Gasteiger partial charge on any atom is -0.494 e. The van der Waals surface area contributed by atoms with Gasteiger partial charge >= 0.3 is 0 Å². The van der Waals surface area contributed by atoms with Crippen molar-refractivity contribution in [2.45, 2.75) is 56.9 Å². The lowest BCUT2D eigenvalue weighted by molar-refractivity contribution is -0.231. The Morgan fingerprint density at radius 3 is 2.18 bits per heavy atom. The summed E-state index contributed by atoms with van der Waals surface area (Å²) in [5.41, 5.74) is 2.49. The van der Waals surface area contributed by atoms with E-state index in [0.717, 1.165) is 16.9 Å². The first kappa shape index (κ1) is 27.5. The van der Waals surface area contributed by atoms with Crippen LogP contribution in [-0.2, 0) is 11.2 Å². The Hall–Kier alpha value is -1.75. The lowest BCUT2D eigenvalue weighted by Gasteiger charge is -2.40. The summed E-state index contributed by atoms with van der Waals surface area (Å²) in [6.07, 6.45) is -5.95. The predicted octanol–water partition coefficient (Wildman–Crippen LogP) is 1.20. The Bertz CT molecular complexity index is 843. The van der Waals surface area contributed by atoms with E-state index in [9.17, 15) is 20.4 Å². The van der Waals surface area contributed by atoms with Gasteiger partial charge in [-0.25, -0.2) is 0 Å². The number of hydrogen-bond donors (Lipinski definition) is 6. The topological polar surface area (TPSA) is 140 Å². The highest BCUT2D eigenvalue weighted by Crippen LogP contribution is 2.34. The van der Waals surface area contributed by atoms with Crippen molar-refractivity contribution in [2.24, 2.45) is 0 Å². The van der Waals surface area contributed by atoms with Crippen LogP contribution in [0.25, 0.3) is 0 Å². The minimum atomic E-state index is -1.42. The van der Waals surface area contributed by atoms with Gasteiger partial charge in [0.2, 0.25) is 0 Å². The number of hydrogen-bond acceptors (Lipinski definition) is 8. The van der Waals surface area contributed by atoms with E-state index in [4.69, 9.17) is 31.3 Å². The van der Waals surface area contributed by atoms with Gasteiger partial charge in [-0.3, -0.25) is 0 Å². The van der Waals surface area contributed by atoms with Crippen LogP contribution in [0, 0.1) is 0 Å². The van der Waals surface area contributed by atoms with Gasteiger partial charge in [0, 0.05) is 5.02 Å². The van der Waals surface area contributed by atoms with Gasteiger partial charge in [0.05, 0.1) is 25.9 Å². The highest BCUT2D eigenvalue weighted by Gasteiger charge is 2.44. The normalized spacial score (nSPS) is 25.7. The molecule has 6 atom stereocenters. The summed E-state index contributed by atoms with van der Waals surface area (Å²) in [5, 5.41) is 56.3. The van der Waals surface area contributed by atoms with Gasteiger partial charge in [-0.15, -0.1) is 0 Å². The molecule has 1 fully saturated rings. The van der Waals surface area contributed by atoms with Crippen LogP contribution in [0.15, 0.2) is 42.5 Å². The quantitative estimate of drug-likeness (QED) is 0.344. The van der Waals surface area contributed by atoms with Gasteiger partial charge < -0.3 is 40.1 Å². The van der Waals surface area contributed by atoms with Crippen molar-refractivity contribution in [1.82, 2.24) is 0 Å². The Morgan fingerprint density at radius 2 is 1.64 bits per heavy atom. The monoisotopic (exact) mass is 484 g/mol. The van der Waals surface area contributed by atoms with Crippen LogP contribution in [0.2, 0.25) is 5.02 Å². The molecule has 8 nitrogen and oxygen atoms in total.